The molecule has 0 radical (unpaired) electrons. The van der Waals surface area contributed by atoms with Crippen LogP contribution in [0.4, 0.5) is 0 Å². The molecule has 0 aliphatic carbocycles. The van der Waals surface area contributed by atoms with Gasteiger partial charge in [0.1, 0.15) is 19.3 Å². The average Bonchev–Trinajstić information content (AvgIpc) is 2.88. The number of fused-ring (bicyclic) bond motifs is 1. The number of pyridine rings is 2. The summed E-state index contributed by atoms with van der Waals surface area (Å²) in [4.78, 5) is 9.58. The van der Waals surface area contributed by atoms with Crippen molar-refractivity contribution in [1.29, 1.82) is 0 Å². The van der Waals surface area contributed by atoms with E-state index in [-0.39, 0.29) is 30.9 Å². The molecule has 5 rings (SSSR count). The maximum Gasteiger partial charge on any atom is 0.223 e. The van der Waals surface area contributed by atoms with E-state index in [0.717, 1.165) is 59.5 Å². The van der Waals surface area contributed by atoms with Gasteiger partial charge in [-0.25, -0.2) is 9.97 Å². The number of rotatable bonds is 6. The number of quaternary nitrogens is 2. The van der Waals surface area contributed by atoms with Crippen LogP contribution in [0.3, 0.4) is 0 Å². The molecule has 2 aromatic carbocycles. The molecular weight excluding hydrogens is 471 g/mol. The van der Waals surface area contributed by atoms with Crippen LogP contribution in [0.25, 0.3) is 33.3 Å². The summed E-state index contributed by atoms with van der Waals surface area (Å²) in [5, 5.41) is 3.17. The average molecular weight is 499 g/mol. The molecule has 0 amide bonds. The fourth-order valence-corrected chi connectivity index (χ4v) is 4.05. The number of ether oxygens (including phenoxy) is 2. The number of benzene rings is 2. The molecule has 178 valence electrons. The molecule has 6 nitrogen and oxygen atoms in total. The van der Waals surface area contributed by atoms with Gasteiger partial charge >= 0.3 is 0 Å². The number of halogens is 2. The van der Waals surface area contributed by atoms with Crippen molar-refractivity contribution in [2.75, 3.05) is 26.3 Å². The van der Waals surface area contributed by atoms with Gasteiger partial charge in [-0.3, -0.25) is 0 Å². The predicted molar refractivity (Wildman–Crippen MR) is 124 cm³/mol. The number of nitrogens with zero attached hydrogens (tertiary/aromatic N) is 2. The summed E-state index contributed by atoms with van der Waals surface area (Å²) in [6.45, 7) is 3.92. The maximum atomic E-state index is 6.12. The number of hydrogen-bond donors (Lipinski definition) is 2. The van der Waals surface area contributed by atoms with E-state index in [1.165, 1.54) is 5.56 Å². The van der Waals surface area contributed by atoms with Crippen LogP contribution in [0.15, 0.2) is 72.9 Å². The van der Waals surface area contributed by atoms with Crippen LogP contribution < -0.4 is 40.6 Å². The standard InChI is InChI=1S/C26H26N4O2.2ClH/c27-15-18-6-8-20(9-7-18)25-22(19-4-2-1-3-5-19)14-23-24(30-25)10-11-29-26(23)32-17-21-16-28-12-13-31-21;;/h1-11,14,21,28H,12-13,15-17,27H2;2*1H. The predicted octanol–water partition coefficient (Wildman–Crippen LogP) is -3.95. The van der Waals surface area contributed by atoms with Crippen molar-refractivity contribution in [3.63, 3.8) is 0 Å². The Morgan fingerprint density at radius 1 is 1.00 bits per heavy atom. The van der Waals surface area contributed by atoms with Crippen LogP contribution >= 0.6 is 0 Å². The Morgan fingerprint density at radius 3 is 2.50 bits per heavy atom. The van der Waals surface area contributed by atoms with E-state index < -0.39 is 0 Å². The zero-order chi connectivity index (χ0) is 21.8. The molecule has 1 aliphatic heterocycles. The third kappa shape index (κ3) is 5.66. The van der Waals surface area contributed by atoms with Gasteiger partial charge < -0.3 is 45.3 Å². The minimum Gasteiger partial charge on any atom is -1.00 e. The summed E-state index contributed by atoms with van der Waals surface area (Å²) >= 11 is 0. The third-order valence-corrected chi connectivity index (χ3v) is 5.82. The number of aromatic nitrogens is 2. The highest BCUT2D eigenvalue weighted by molar-refractivity contribution is 5.93. The van der Waals surface area contributed by atoms with Crippen LogP contribution in [-0.2, 0) is 11.3 Å². The zero-order valence-corrected chi connectivity index (χ0v) is 20.3. The summed E-state index contributed by atoms with van der Waals surface area (Å²) < 4.78 is 11.9. The Balaban J connectivity index is 0.00000162. The lowest BCUT2D eigenvalue weighted by Gasteiger charge is -2.21. The first-order chi connectivity index (χ1) is 15.8. The first kappa shape index (κ1) is 25.9. The second-order valence-corrected chi connectivity index (χ2v) is 8.00. The second-order valence-electron chi connectivity index (χ2n) is 8.00. The van der Waals surface area contributed by atoms with Crippen LogP contribution in [0.5, 0.6) is 5.88 Å². The Kier molecular flexibility index (Phi) is 9.21. The van der Waals surface area contributed by atoms with Gasteiger partial charge in [0, 0.05) is 22.9 Å². The molecule has 1 atom stereocenters. The van der Waals surface area contributed by atoms with Crippen LogP contribution in [0.2, 0.25) is 0 Å². The maximum absolute atomic E-state index is 6.12. The molecule has 0 bridgehead atoms. The van der Waals surface area contributed by atoms with Crippen molar-refractivity contribution < 1.29 is 45.3 Å². The Labute approximate surface area is 211 Å². The molecule has 0 saturated carbocycles. The van der Waals surface area contributed by atoms with E-state index in [1.807, 2.05) is 24.3 Å². The smallest absolute Gasteiger partial charge is 0.223 e. The molecule has 4 aromatic rings. The lowest BCUT2D eigenvalue weighted by molar-refractivity contribution is -0.677. The van der Waals surface area contributed by atoms with Crippen molar-refractivity contribution in [2.45, 2.75) is 12.6 Å². The topological polar surface area (TPSA) is 88.5 Å². The van der Waals surface area contributed by atoms with Crippen LogP contribution in [0.1, 0.15) is 5.56 Å². The number of morpholine rings is 1. The van der Waals surface area contributed by atoms with Crippen molar-refractivity contribution in [2.24, 2.45) is 0 Å². The fourth-order valence-electron chi connectivity index (χ4n) is 4.05. The molecule has 3 heterocycles. The molecule has 5 N–H and O–H groups in total. The number of nitrogens with two attached hydrogens (primary N) is 1. The van der Waals surface area contributed by atoms with Gasteiger partial charge in [-0.15, -0.1) is 0 Å². The van der Waals surface area contributed by atoms with E-state index in [0.29, 0.717) is 12.5 Å². The van der Waals surface area contributed by atoms with Crippen molar-refractivity contribution >= 4 is 10.9 Å². The summed E-state index contributed by atoms with van der Waals surface area (Å²) in [5.74, 6) is 0.598. The second kappa shape index (κ2) is 12.1. The molecule has 0 spiro atoms. The monoisotopic (exact) mass is 498 g/mol. The van der Waals surface area contributed by atoms with E-state index in [1.54, 1.807) is 6.20 Å². The van der Waals surface area contributed by atoms with E-state index in [9.17, 15) is 0 Å². The zero-order valence-electron chi connectivity index (χ0n) is 18.8. The molecule has 1 fully saturated rings. The first-order valence-corrected chi connectivity index (χ1v) is 11.1. The highest BCUT2D eigenvalue weighted by Gasteiger charge is 2.19. The Bertz CT molecular complexity index is 1200. The lowest BCUT2D eigenvalue weighted by atomic mass is 9.97. The summed E-state index contributed by atoms with van der Waals surface area (Å²) in [6, 6.07) is 22.9. The third-order valence-electron chi connectivity index (χ3n) is 5.82. The van der Waals surface area contributed by atoms with Gasteiger partial charge in [-0.1, -0.05) is 54.6 Å². The first-order valence-electron chi connectivity index (χ1n) is 11.1. The number of hydrogen-bond acceptors (Lipinski definition) is 4. The quantitative estimate of drug-likeness (QED) is 0.284. The van der Waals surface area contributed by atoms with Gasteiger partial charge in [0.25, 0.3) is 0 Å². The molecule has 34 heavy (non-hydrogen) atoms. The molecular formula is C26H28Cl2N4O2. The largest absolute Gasteiger partial charge is 1.00 e. The van der Waals surface area contributed by atoms with Gasteiger partial charge in [0.05, 0.1) is 36.3 Å². The van der Waals surface area contributed by atoms with Crippen molar-refractivity contribution in [3.8, 4) is 28.3 Å². The summed E-state index contributed by atoms with van der Waals surface area (Å²) in [5.41, 5.74) is 10.2. The highest BCUT2D eigenvalue weighted by Crippen LogP contribution is 2.35. The highest BCUT2D eigenvalue weighted by atomic mass is 35.5. The normalized spacial score (nSPS) is 15.3. The van der Waals surface area contributed by atoms with Crippen LogP contribution in [-0.4, -0.2) is 42.4 Å². The summed E-state index contributed by atoms with van der Waals surface area (Å²) in [7, 11) is 0. The molecule has 1 aliphatic rings. The minimum absolute atomic E-state index is 0. The Morgan fingerprint density at radius 2 is 1.79 bits per heavy atom. The molecule has 1 unspecified atom stereocenters. The van der Waals surface area contributed by atoms with Gasteiger partial charge in [0.2, 0.25) is 5.88 Å². The van der Waals surface area contributed by atoms with E-state index in [2.05, 4.69) is 58.5 Å². The van der Waals surface area contributed by atoms with Crippen molar-refractivity contribution in [1.82, 2.24) is 9.97 Å². The van der Waals surface area contributed by atoms with Gasteiger partial charge in [-0.2, -0.15) is 0 Å². The SMILES string of the molecule is [Cl-].[Cl-].[NH3+]Cc1ccc(-c2nc3ccnc(OCC4C[NH2+]CCO4)c3cc2-c2ccccc2)cc1. The van der Waals surface area contributed by atoms with E-state index in [4.69, 9.17) is 14.5 Å². The van der Waals surface area contributed by atoms with Gasteiger partial charge in [0.15, 0.2) is 0 Å². The molecule has 8 heteroatoms. The summed E-state index contributed by atoms with van der Waals surface area (Å²) in [6.07, 6.45) is 1.84. The van der Waals surface area contributed by atoms with E-state index >= 15 is 0 Å². The van der Waals surface area contributed by atoms with Crippen molar-refractivity contribution in [3.05, 3.63) is 78.5 Å². The molecule has 2 aromatic heterocycles. The lowest BCUT2D eigenvalue weighted by Crippen LogP contribution is -3.00. The fraction of sp³-hybridized carbons (Fsp3) is 0.231. The minimum atomic E-state index is 0. The van der Waals surface area contributed by atoms with Gasteiger partial charge in [-0.05, 0) is 17.7 Å². The Hall–Kier alpha value is -2.74. The molecule has 1 saturated heterocycles. The van der Waals surface area contributed by atoms with Crippen LogP contribution in [0, 0.1) is 0 Å².